The number of carbonyl (C=O) groups excluding carboxylic acids is 1. The lowest BCUT2D eigenvalue weighted by Crippen LogP contribution is -2.52. The lowest BCUT2D eigenvalue weighted by atomic mass is 9.49. The molecule has 2 aromatic heterocycles. The molecule has 8 rings (SSSR count). The molecule has 4 bridgehead atoms. The van der Waals surface area contributed by atoms with Crippen LogP contribution in [0.5, 0.6) is 0 Å². The van der Waals surface area contributed by atoms with Gasteiger partial charge in [0.25, 0.3) is 5.56 Å². The minimum Gasteiger partial charge on any atom is -0.340 e. The number of aryl methyl sites for hydroxylation is 2. The third-order valence-corrected chi connectivity index (χ3v) is 10.8. The molecule has 7 heteroatoms. The Morgan fingerprint density at radius 3 is 2.38 bits per heavy atom. The normalized spacial score (nSPS) is 32.9. The fourth-order valence-corrected chi connectivity index (χ4v) is 9.87. The Bertz CT molecular complexity index is 1140. The SMILES string of the molecule is O=C(CC12CC3CC(CC(C3)C1)C2)N1CCN(Cc2nc3sc4c(c3c(=O)[nH]2)CCCC4)CC1. The van der Waals surface area contributed by atoms with Gasteiger partial charge >= 0.3 is 0 Å². The second-order valence-electron chi connectivity index (χ2n) is 12.2. The predicted octanol–water partition coefficient (Wildman–Crippen LogP) is 4.11. The summed E-state index contributed by atoms with van der Waals surface area (Å²) in [4.78, 5) is 40.8. The number of nitrogens with one attached hydrogen (secondary N) is 1. The number of carbonyl (C=O) groups is 1. The van der Waals surface area contributed by atoms with Crippen LogP contribution in [0.3, 0.4) is 0 Å². The lowest BCUT2D eigenvalue weighted by Gasteiger charge is -2.57. The maximum absolute atomic E-state index is 13.3. The molecule has 4 saturated carbocycles. The van der Waals surface area contributed by atoms with Crippen molar-refractivity contribution in [2.24, 2.45) is 23.2 Å². The highest BCUT2D eigenvalue weighted by Gasteiger charge is 2.51. The molecule has 5 aliphatic carbocycles. The van der Waals surface area contributed by atoms with Crippen molar-refractivity contribution in [3.05, 3.63) is 26.6 Å². The number of hydrogen-bond donors (Lipinski definition) is 1. The molecule has 3 heterocycles. The zero-order valence-corrected chi connectivity index (χ0v) is 20.9. The Kier molecular flexibility index (Phi) is 5.17. The first-order chi connectivity index (χ1) is 16.5. The molecule has 0 atom stereocenters. The van der Waals surface area contributed by atoms with Gasteiger partial charge in [-0.2, -0.15) is 0 Å². The number of thiophene rings is 1. The molecule has 0 radical (unpaired) electrons. The van der Waals surface area contributed by atoms with E-state index < -0.39 is 0 Å². The summed E-state index contributed by atoms with van der Waals surface area (Å²) >= 11 is 1.72. The topological polar surface area (TPSA) is 69.3 Å². The number of aromatic amines is 1. The Labute approximate surface area is 205 Å². The van der Waals surface area contributed by atoms with Crippen molar-refractivity contribution in [2.45, 2.75) is 77.2 Å². The van der Waals surface area contributed by atoms with Gasteiger partial charge in [0, 0.05) is 37.5 Å². The van der Waals surface area contributed by atoms with Crippen LogP contribution < -0.4 is 5.56 Å². The number of piperazine rings is 1. The van der Waals surface area contributed by atoms with E-state index in [0.29, 0.717) is 17.9 Å². The fourth-order valence-electron chi connectivity index (χ4n) is 8.59. The van der Waals surface area contributed by atoms with E-state index in [-0.39, 0.29) is 5.56 Å². The molecular weight excluding hydrogens is 444 g/mol. The van der Waals surface area contributed by atoms with E-state index in [0.717, 1.165) is 79.2 Å². The van der Waals surface area contributed by atoms with Crippen LogP contribution in [0.2, 0.25) is 0 Å². The van der Waals surface area contributed by atoms with Gasteiger partial charge in [0.2, 0.25) is 5.91 Å². The van der Waals surface area contributed by atoms with Gasteiger partial charge in [-0.25, -0.2) is 4.98 Å². The minimum absolute atomic E-state index is 0.0313. The molecule has 1 aliphatic heterocycles. The van der Waals surface area contributed by atoms with Crippen molar-refractivity contribution in [3.8, 4) is 0 Å². The lowest BCUT2D eigenvalue weighted by molar-refractivity contribution is -0.141. The van der Waals surface area contributed by atoms with Crippen molar-refractivity contribution >= 4 is 27.5 Å². The van der Waals surface area contributed by atoms with Gasteiger partial charge in [0.05, 0.1) is 11.9 Å². The van der Waals surface area contributed by atoms with Crippen LogP contribution in [0.1, 0.15) is 74.1 Å². The first-order valence-electron chi connectivity index (χ1n) is 13.6. The molecule has 6 aliphatic rings. The summed E-state index contributed by atoms with van der Waals surface area (Å²) in [6.07, 6.45) is 13.5. The number of nitrogens with zero attached hydrogens (tertiary/aromatic N) is 3. The van der Waals surface area contributed by atoms with E-state index in [1.807, 2.05) is 0 Å². The van der Waals surface area contributed by atoms with E-state index >= 15 is 0 Å². The summed E-state index contributed by atoms with van der Waals surface area (Å²) in [6.45, 7) is 3.96. The summed E-state index contributed by atoms with van der Waals surface area (Å²) in [5.74, 6) is 3.86. The summed E-state index contributed by atoms with van der Waals surface area (Å²) in [5.41, 5.74) is 1.60. The smallest absolute Gasteiger partial charge is 0.259 e. The highest BCUT2D eigenvalue weighted by Crippen LogP contribution is 2.61. The van der Waals surface area contributed by atoms with Gasteiger partial charge < -0.3 is 9.88 Å². The van der Waals surface area contributed by atoms with Crippen molar-refractivity contribution < 1.29 is 4.79 Å². The van der Waals surface area contributed by atoms with Gasteiger partial charge in [-0.15, -0.1) is 11.3 Å². The van der Waals surface area contributed by atoms with Crippen LogP contribution in [0.15, 0.2) is 4.79 Å². The molecule has 0 aromatic carbocycles. The number of fused-ring (bicyclic) bond motifs is 3. The molecule has 1 N–H and O–H groups in total. The van der Waals surface area contributed by atoms with E-state index in [2.05, 4.69) is 14.8 Å². The Morgan fingerprint density at radius 2 is 1.68 bits per heavy atom. The molecule has 182 valence electrons. The molecule has 0 spiro atoms. The van der Waals surface area contributed by atoms with Crippen molar-refractivity contribution in [1.82, 2.24) is 19.8 Å². The second-order valence-corrected chi connectivity index (χ2v) is 13.2. The average molecular weight is 481 g/mol. The van der Waals surface area contributed by atoms with E-state index in [9.17, 15) is 9.59 Å². The highest BCUT2D eigenvalue weighted by molar-refractivity contribution is 7.18. The standard InChI is InChI=1S/C27H36N4O2S/c32-23(15-27-12-17-9-18(13-27)11-19(10-17)14-27)31-7-5-30(6-8-31)16-22-28-25(33)24-20-3-1-2-4-21(20)34-26(24)29-22/h17-19H,1-16H2,(H,28,29,33). The number of hydrogen-bond acceptors (Lipinski definition) is 5. The van der Waals surface area contributed by atoms with E-state index in [1.54, 1.807) is 11.3 Å². The average Bonchev–Trinajstić information content (AvgIpc) is 3.17. The molecule has 0 unspecified atom stereocenters. The Balaban J connectivity index is 0.985. The molecule has 1 saturated heterocycles. The highest BCUT2D eigenvalue weighted by atomic mass is 32.1. The molecule has 34 heavy (non-hydrogen) atoms. The monoisotopic (exact) mass is 480 g/mol. The number of rotatable bonds is 4. The maximum atomic E-state index is 13.3. The van der Waals surface area contributed by atoms with Gasteiger partial charge in [-0.3, -0.25) is 14.5 Å². The number of H-pyrrole nitrogens is 1. The van der Waals surface area contributed by atoms with E-state index in [4.69, 9.17) is 4.98 Å². The molecule has 5 fully saturated rings. The number of aromatic nitrogens is 2. The Morgan fingerprint density at radius 1 is 1.00 bits per heavy atom. The van der Waals surface area contributed by atoms with Crippen LogP contribution in [0.25, 0.3) is 10.2 Å². The first kappa shape index (κ1) is 21.5. The number of amides is 1. The third-order valence-electron chi connectivity index (χ3n) is 9.66. The minimum atomic E-state index is 0.0313. The maximum Gasteiger partial charge on any atom is 0.259 e. The largest absolute Gasteiger partial charge is 0.340 e. The molecule has 2 aromatic rings. The second kappa shape index (κ2) is 8.16. The quantitative estimate of drug-likeness (QED) is 0.715. The third kappa shape index (κ3) is 3.74. The Hall–Kier alpha value is -1.73. The van der Waals surface area contributed by atoms with Gasteiger partial charge in [-0.1, -0.05) is 0 Å². The zero-order chi connectivity index (χ0) is 22.9. The van der Waals surface area contributed by atoms with Crippen molar-refractivity contribution in [2.75, 3.05) is 26.2 Å². The van der Waals surface area contributed by atoms with Gasteiger partial charge in [-0.05, 0) is 92.9 Å². The van der Waals surface area contributed by atoms with Crippen molar-refractivity contribution in [1.29, 1.82) is 0 Å². The van der Waals surface area contributed by atoms with Crippen molar-refractivity contribution in [3.63, 3.8) is 0 Å². The van der Waals surface area contributed by atoms with Gasteiger partial charge in [0.1, 0.15) is 10.7 Å². The van der Waals surface area contributed by atoms with Gasteiger partial charge in [0.15, 0.2) is 0 Å². The summed E-state index contributed by atoms with van der Waals surface area (Å²) < 4.78 is 0. The zero-order valence-electron chi connectivity index (χ0n) is 20.1. The summed E-state index contributed by atoms with van der Waals surface area (Å²) in [5, 5.41) is 0.837. The molecule has 1 amide bonds. The van der Waals surface area contributed by atoms with Crippen LogP contribution in [0, 0.1) is 23.2 Å². The van der Waals surface area contributed by atoms with Crippen LogP contribution in [0.4, 0.5) is 0 Å². The first-order valence-corrected chi connectivity index (χ1v) is 14.4. The van der Waals surface area contributed by atoms with Crippen LogP contribution in [-0.4, -0.2) is 51.9 Å². The molecular formula is C27H36N4O2S. The summed E-state index contributed by atoms with van der Waals surface area (Å²) in [6, 6.07) is 0. The predicted molar refractivity (Wildman–Crippen MR) is 134 cm³/mol. The summed E-state index contributed by atoms with van der Waals surface area (Å²) in [7, 11) is 0. The van der Waals surface area contributed by atoms with E-state index in [1.165, 1.54) is 61.8 Å². The molecule has 6 nitrogen and oxygen atoms in total. The van der Waals surface area contributed by atoms with Crippen LogP contribution >= 0.6 is 11.3 Å². The fraction of sp³-hybridized carbons (Fsp3) is 0.741. The van der Waals surface area contributed by atoms with Crippen LogP contribution in [-0.2, 0) is 24.2 Å².